The number of halogens is 1. The zero-order chi connectivity index (χ0) is 9.71. The van der Waals surface area contributed by atoms with Crippen LogP contribution < -0.4 is 0 Å². The summed E-state index contributed by atoms with van der Waals surface area (Å²) in [4.78, 5) is 11.1. The fraction of sp³-hybridized carbons (Fsp3) is 0.364. The van der Waals surface area contributed by atoms with E-state index in [1.54, 1.807) is 0 Å². The Bertz CT molecular complexity index is 414. The summed E-state index contributed by atoms with van der Waals surface area (Å²) in [5, 5.41) is 0. The molecular formula is C11H9IO2. The van der Waals surface area contributed by atoms with Crippen molar-refractivity contribution in [1.82, 2.24) is 0 Å². The van der Waals surface area contributed by atoms with Gasteiger partial charge < -0.3 is 4.74 Å². The number of fused-ring (bicyclic) bond motifs is 3. The third-order valence-electron chi connectivity index (χ3n) is 3.01. The molecule has 0 aromatic heterocycles. The largest absolute Gasteiger partial charge is 0.457 e. The second-order valence-corrected chi connectivity index (χ2v) is 5.17. The van der Waals surface area contributed by atoms with Gasteiger partial charge in [-0.05, 0) is 52.3 Å². The highest BCUT2D eigenvalue weighted by molar-refractivity contribution is 14.1. The lowest BCUT2D eigenvalue weighted by molar-refractivity contribution is -0.141. The topological polar surface area (TPSA) is 26.3 Å². The number of carbonyl (C=O) groups excluding carboxylic acids is 1. The van der Waals surface area contributed by atoms with Gasteiger partial charge in [0.1, 0.15) is 6.10 Å². The summed E-state index contributed by atoms with van der Waals surface area (Å²) in [5.41, 5.74) is 2.58. The van der Waals surface area contributed by atoms with Crippen LogP contribution in [0.15, 0.2) is 18.2 Å². The first kappa shape index (κ1) is 8.71. The molecule has 3 heteroatoms. The zero-order valence-electron chi connectivity index (χ0n) is 7.50. The van der Waals surface area contributed by atoms with Gasteiger partial charge in [-0.25, -0.2) is 0 Å². The molecule has 1 aromatic carbocycles. The van der Waals surface area contributed by atoms with Gasteiger partial charge in [0.05, 0.1) is 6.42 Å². The van der Waals surface area contributed by atoms with Crippen molar-refractivity contribution in [2.45, 2.75) is 18.9 Å². The van der Waals surface area contributed by atoms with Crippen molar-refractivity contribution in [3.05, 3.63) is 32.9 Å². The van der Waals surface area contributed by atoms with Gasteiger partial charge in [-0.1, -0.05) is 6.07 Å². The third-order valence-corrected chi connectivity index (χ3v) is 3.68. The van der Waals surface area contributed by atoms with Crippen molar-refractivity contribution in [1.29, 1.82) is 0 Å². The molecule has 0 saturated carbocycles. The average molecular weight is 300 g/mol. The maximum atomic E-state index is 11.1. The number of rotatable bonds is 0. The van der Waals surface area contributed by atoms with Crippen LogP contribution in [0.4, 0.5) is 0 Å². The fourth-order valence-electron chi connectivity index (χ4n) is 2.40. The second-order valence-electron chi connectivity index (χ2n) is 3.92. The van der Waals surface area contributed by atoms with E-state index in [-0.39, 0.29) is 12.1 Å². The molecule has 0 spiro atoms. The molecule has 0 bridgehead atoms. The fourth-order valence-corrected chi connectivity index (χ4v) is 2.92. The average Bonchev–Trinajstić information content (AvgIpc) is 2.62. The SMILES string of the molecule is O=C1CC2Cc3ccc(I)cc3C2O1. The van der Waals surface area contributed by atoms with Crippen LogP contribution in [0.25, 0.3) is 0 Å². The molecule has 0 amide bonds. The van der Waals surface area contributed by atoms with Crippen LogP contribution >= 0.6 is 22.6 Å². The molecule has 1 heterocycles. The van der Waals surface area contributed by atoms with Crippen LogP contribution in [0.1, 0.15) is 23.7 Å². The van der Waals surface area contributed by atoms with Gasteiger partial charge in [0.15, 0.2) is 0 Å². The Labute approximate surface area is 95.8 Å². The zero-order valence-corrected chi connectivity index (χ0v) is 9.65. The minimum atomic E-state index is -0.0375. The Kier molecular flexibility index (Phi) is 1.84. The van der Waals surface area contributed by atoms with Gasteiger partial charge >= 0.3 is 5.97 Å². The molecule has 2 unspecified atom stereocenters. The first-order valence-electron chi connectivity index (χ1n) is 4.72. The van der Waals surface area contributed by atoms with Crippen LogP contribution in [-0.2, 0) is 16.0 Å². The van der Waals surface area contributed by atoms with E-state index in [2.05, 4.69) is 40.8 Å². The second kappa shape index (κ2) is 2.95. The molecule has 3 rings (SSSR count). The molecule has 2 aliphatic rings. The Morgan fingerprint density at radius 3 is 3.07 bits per heavy atom. The molecule has 0 N–H and O–H groups in total. The van der Waals surface area contributed by atoms with Crippen molar-refractivity contribution >= 4 is 28.6 Å². The molecule has 14 heavy (non-hydrogen) atoms. The first-order chi connectivity index (χ1) is 6.74. The molecule has 1 fully saturated rings. The van der Waals surface area contributed by atoms with E-state index >= 15 is 0 Å². The first-order valence-corrected chi connectivity index (χ1v) is 5.80. The number of esters is 1. The molecule has 72 valence electrons. The number of hydrogen-bond donors (Lipinski definition) is 0. The minimum absolute atomic E-state index is 0.0375. The summed E-state index contributed by atoms with van der Waals surface area (Å²) in [6.07, 6.45) is 1.64. The van der Waals surface area contributed by atoms with Crippen LogP contribution in [-0.4, -0.2) is 5.97 Å². The summed E-state index contributed by atoms with van der Waals surface area (Å²) in [6, 6.07) is 6.41. The molecule has 1 aromatic rings. The standard InChI is InChI=1S/C11H9IO2/c12-8-2-1-6-3-7-4-10(13)14-11(7)9(6)5-8/h1-2,5,7,11H,3-4H2. The van der Waals surface area contributed by atoms with E-state index in [4.69, 9.17) is 4.74 Å². The Morgan fingerprint density at radius 2 is 2.21 bits per heavy atom. The summed E-state index contributed by atoms with van der Waals surface area (Å²) in [5.74, 6) is 0.361. The molecular weight excluding hydrogens is 291 g/mol. The normalized spacial score (nSPS) is 28.5. The molecule has 1 saturated heterocycles. The number of hydrogen-bond acceptors (Lipinski definition) is 2. The molecule has 2 nitrogen and oxygen atoms in total. The highest BCUT2D eigenvalue weighted by Crippen LogP contribution is 2.45. The summed E-state index contributed by atoms with van der Waals surface area (Å²) in [7, 11) is 0. The van der Waals surface area contributed by atoms with E-state index in [0.29, 0.717) is 12.3 Å². The van der Waals surface area contributed by atoms with Crippen molar-refractivity contribution in [2.24, 2.45) is 5.92 Å². The highest BCUT2D eigenvalue weighted by atomic mass is 127. The van der Waals surface area contributed by atoms with Crippen LogP contribution in [0.3, 0.4) is 0 Å². The monoisotopic (exact) mass is 300 g/mol. The number of carbonyl (C=O) groups is 1. The Morgan fingerprint density at radius 1 is 1.36 bits per heavy atom. The van der Waals surface area contributed by atoms with Gasteiger partial charge in [0, 0.05) is 9.49 Å². The van der Waals surface area contributed by atoms with Crippen molar-refractivity contribution in [3.63, 3.8) is 0 Å². The number of ether oxygens (including phenoxy) is 1. The Hall–Kier alpha value is -0.580. The van der Waals surface area contributed by atoms with E-state index in [9.17, 15) is 4.79 Å². The van der Waals surface area contributed by atoms with Gasteiger partial charge in [0.2, 0.25) is 0 Å². The smallest absolute Gasteiger partial charge is 0.306 e. The van der Waals surface area contributed by atoms with Gasteiger partial charge in [0.25, 0.3) is 0 Å². The molecule has 1 aliphatic heterocycles. The van der Waals surface area contributed by atoms with Crippen LogP contribution in [0, 0.1) is 9.49 Å². The predicted molar refractivity (Wildman–Crippen MR) is 59.8 cm³/mol. The minimum Gasteiger partial charge on any atom is -0.457 e. The predicted octanol–water partition coefficient (Wildman–Crippen LogP) is 2.45. The lowest BCUT2D eigenvalue weighted by Gasteiger charge is -2.08. The Balaban J connectivity index is 2.07. The molecule has 1 aliphatic carbocycles. The lowest BCUT2D eigenvalue weighted by Crippen LogP contribution is -1.99. The van der Waals surface area contributed by atoms with Crippen LogP contribution in [0.2, 0.25) is 0 Å². The quantitative estimate of drug-likeness (QED) is 0.543. The summed E-state index contributed by atoms with van der Waals surface area (Å²) >= 11 is 2.29. The van der Waals surface area contributed by atoms with Crippen molar-refractivity contribution in [2.75, 3.05) is 0 Å². The van der Waals surface area contributed by atoms with Crippen molar-refractivity contribution < 1.29 is 9.53 Å². The van der Waals surface area contributed by atoms with Crippen molar-refractivity contribution in [3.8, 4) is 0 Å². The maximum Gasteiger partial charge on any atom is 0.306 e. The van der Waals surface area contributed by atoms with Gasteiger partial charge in [-0.15, -0.1) is 0 Å². The lowest BCUT2D eigenvalue weighted by atomic mass is 10.0. The maximum absolute atomic E-state index is 11.1. The highest BCUT2D eigenvalue weighted by Gasteiger charge is 2.41. The summed E-state index contributed by atoms with van der Waals surface area (Å²) < 4.78 is 6.54. The van der Waals surface area contributed by atoms with Gasteiger partial charge in [-0.2, -0.15) is 0 Å². The van der Waals surface area contributed by atoms with E-state index in [1.807, 2.05) is 0 Å². The van der Waals surface area contributed by atoms with E-state index in [0.717, 1.165) is 6.42 Å². The molecule has 0 radical (unpaired) electrons. The number of benzene rings is 1. The summed E-state index contributed by atoms with van der Waals surface area (Å²) in [6.45, 7) is 0. The van der Waals surface area contributed by atoms with E-state index < -0.39 is 0 Å². The van der Waals surface area contributed by atoms with E-state index in [1.165, 1.54) is 14.7 Å². The third kappa shape index (κ3) is 1.18. The molecule has 2 atom stereocenters. The van der Waals surface area contributed by atoms with Gasteiger partial charge in [-0.3, -0.25) is 4.79 Å². The van der Waals surface area contributed by atoms with Crippen LogP contribution in [0.5, 0.6) is 0 Å².